The number of imidazole rings is 1. The van der Waals surface area contributed by atoms with Crippen LogP contribution in [0.3, 0.4) is 0 Å². The lowest BCUT2D eigenvalue weighted by Gasteiger charge is -2.24. The zero-order chi connectivity index (χ0) is 22.8. The molecule has 32 heavy (non-hydrogen) atoms. The molecule has 4 N–H and O–H groups in total. The molecule has 0 bridgehead atoms. The maximum absolute atomic E-state index is 13.6. The van der Waals surface area contributed by atoms with Gasteiger partial charge in [-0.05, 0) is 49.6 Å². The summed E-state index contributed by atoms with van der Waals surface area (Å²) < 4.78 is 1.65. The van der Waals surface area contributed by atoms with Gasteiger partial charge in [-0.2, -0.15) is 0 Å². The molecule has 4 aromatic rings. The predicted octanol–water partition coefficient (Wildman–Crippen LogP) is 5.05. The first-order valence-electron chi connectivity index (χ1n) is 10.0. The second-order valence-corrected chi connectivity index (χ2v) is 8.27. The largest absolute Gasteiger partial charge is 0.390 e. The maximum Gasteiger partial charge on any atom is 0.264 e. The van der Waals surface area contributed by atoms with Gasteiger partial charge in [-0.3, -0.25) is 9.36 Å². The van der Waals surface area contributed by atoms with Crippen molar-refractivity contribution < 1.29 is 0 Å². The second-order valence-electron chi connectivity index (χ2n) is 7.42. The average Bonchev–Trinajstić information content (AvgIpc) is 3.22. The smallest absolute Gasteiger partial charge is 0.264 e. The molecule has 0 aliphatic rings. The number of nitrogens with zero attached hydrogens (tertiary/aromatic N) is 3. The number of aromatic amines is 1. The number of aliphatic imine (C=N–C) groups is 1. The molecule has 2 atom stereocenters. The maximum atomic E-state index is 13.6. The topological polar surface area (TPSA) is 101 Å². The first-order valence-corrected chi connectivity index (χ1v) is 10.8. The van der Waals surface area contributed by atoms with Crippen molar-refractivity contribution in [1.29, 1.82) is 0 Å². The summed E-state index contributed by atoms with van der Waals surface area (Å²) in [6, 6.07) is 14.2. The molecule has 0 radical (unpaired) electrons. The zero-order valence-electron chi connectivity index (χ0n) is 17.5. The van der Waals surface area contributed by atoms with Gasteiger partial charge in [-0.15, -0.1) is 0 Å². The van der Waals surface area contributed by atoms with Gasteiger partial charge in [0.1, 0.15) is 0 Å². The number of halogens is 2. The summed E-state index contributed by atoms with van der Waals surface area (Å²) in [4.78, 5) is 25.0. The van der Waals surface area contributed by atoms with Gasteiger partial charge >= 0.3 is 0 Å². The van der Waals surface area contributed by atoms with Crippen LogP contribution in [0.4, 0.5) is 5.82 Å². The summed E-state index contributed by atoms with van der Waals surface area (Å²) in [6.07, 6.45) is 2.78. The molecule has 164 valence electrons. The number of aromatic nitrogens is 3. The van der Waals surface area contributed by atoms with Crippen LogP contribution in [-0.2, 0) is 0 Å². The van der Waals surface area contributed by atoms with E-state index in [-0.39, 0.29) is 17.6 Å². The highest BCUT2D eigenvalue weighted by Crippen LogP contribution is 2.28. The molecule has 9 heteroatoms. The Labute approximate surface area is 194 Å². The molecule has 0 aliphatic heterocycles. The van der Waals surface area contributed by atoms with E-state index in [1.165, 1.54) is 6.34 Å². The molecule has 0 spiro atoms. The van der Waals surface area contributed by atoms with E-state index in [0.717, 1.165) is 16.8 Å². The molecule has 0 fully saturated rings. The number of nitrogens with two attached hydrogens (primary N) is 1. The molecule has 0 saturated heterocycles. The van der Waals surface area contributed by atoms with Crippen LogP contribution in [-0.4, -0.2) is 20.9 Å². The van der Waals surface area contributed by atoms with Crippen LogP contribution in [0.2, 0.25) is 10.0 Å². The minimum Gasteiger partial charge on any atom is -0.390 e. The Morgan fingerprint density at radius 2 is 1.94 bits per heavy atom. The van der Waals surface area contributed by atoms with Crippen molar-refractivity contribution in [3.63, 3.8) is 0 Å². The summed E-state index contributed by atoms with van der Waals surface area (Å²) >= 11 is 12.6. The Bertz CT molecular complexity index is 1360. The van der Waals surface area contributed by atoms with E-state index in [2.05, 4.69) is 20.3 Å². The summed E-state index contributed by atoms with van der Waals surface area (Å²) in [6.45, 7) is 3.98. The Morgan fingerprint density at radius 1 is 1.16 bits per heavy atom. The third-order valence-electron chi connectivity index (χ3n) is 5.31. The van der Waals surface area contributed by atoms with Crippen molar-refractivity contribution in [2.75, 3.05) is 0 Å². The van der Waals surface area contributed by atoms with Crippen molar-refractivity contribution in [1.82, 2.24) is 19.9 Å². The van der Waals surface area contributed by atoms with Crippen LogP contribution >= 0.6 is 23.2 Å². The number of hydrogen-bond donors (Lipinski definition) is 3. The van der Waals surface area contributed by atoms with E-state index in [1.807, 2.05) is 44.2 Å². The number of H-pyrrole nitrogens is 1. The van der Waals surface area contributed by atoms with E-state index < -0.39 is 0 Å². The first kappa shape index (κ1) is 22.1. The van der Waals surface area contributed by atoms with Gasteiger partial charge < -0.3 is 16.0 Å². The number of hydrogen-bond acceptors (Lipinski definition) is 4. The number of rotatable bonds is 6. The molecule has 2 aromatic heterocycles. The van der Waals surface area contributed by atoms with Gasteiger partial charge in [0, 0.05) is 22.8 Å². The molecule has 0 saturated carbocycles. The standard InChI is InChI=1S/C23H22Cl2N6O/c1-13(30-14(2)21-22(27-11-26)29-12-28-21)19-9-15-5-3-8-18(25)20(15)23(32)31(19)17-7-4-6-16(24)10-17/h3-14,30H,1-2H3,(H2,26,27)(H,28,29)/t13-,14?/m0/s1. The minimum atomic E-state index is -0.224. The fourth-order valence-electron chi connectivity index (χ4n) is 3.87. The van der Waals surface area contributed by atoms with Crippen molar-refractivity contribution >= 4 is 46.1 Å². The van der Waals surface area contributed by atoms with Gasteiger partial charge in [-0.25, -0.2) is 9.98 Å². The average molecular weight is 469 g/mol. The molecular formula is C23H22Cl2N6O. The summed E-state index contributed by atoms with van der Waals surface area (Å²) in [5.74, 6) is 0.511. The quantitative estimate of drug-likeness (QED) is 0.272. The molecule has 0 aliphatic carbocycles. The lowest BCUT2D eigenvalue weighted by molar-refractivity contribution is 0.473. The number of benzene rings is 2. The Hall–Kier alpha value is -3.13. The predicted molar refractivity (Wildman–Crippen MR) is 130 cm³/mol. The third kappa shape index (κ3) is 4.14. The van der Waals surface area contributed by atoms with Crippen LogP contribution in [0, 0.1) is 0 Å². The highest BCUT2D eigenvalue weighted by Gasteiger charge is 2.21. The van der Waals surface area contributed by atoms with Gasteiger partial charge in [0.2, 0.25) is 0 Å². The van der Waals surface area contributed by atoms with Gasteiger partial charge in [0.25, 0.3) is 5.56 Å². The molecule has 0 amide bonds. The van der Waals surface area contributed by atoms with Crippen molar-refractivity contribution in [3.8, 4) is 5.69 Å². The first-order chi connectivity index (χ1) is 15.4. The minimum absolute atomic E-state index is 0.149. The number of fused-ring (bicyclic) bond motifs is 1. The lowest BCUT2D eigenvalue weighted by Crippen LogP contribution is -2.30. The highest BCUT2D eigenvalue weighted by atomic mass is 35.5. The van der Waals surface area contributed by atoms with Crippen molar-refractivity contribution in [3.05, 3.63) is 86.6 Å². The molecule has 2 aromatic carbocycles. The summed E-state index contributed by atoms with van der Waals surface area (Å²) in [7, 11) is 0. The molecule has 1 unspecified atom stereocenters. The molecule has 2 heterocycles. The zero-order valence-corrected chi connectivity index (χ0v) is 19.0. The number of nitrogens with one attached hydrogen (secondary N) is 2. The van der Waals surface area contributed by atoms with Crippen LogP contribution in [0.15, 0.2) is 64.6 Å². The highest BCUT2D eigenvalue weighted by molar-refractivity contribution is 6.35. The normalized spacial score (nSPS) is 13.6. The Morgan fingerprint density at radius 3 is 2.69 bits per heavy atom. The van der Waals surface area contributed by atoms with E-state index in [1.54, 1.807) is 29.1 Å². The van der Waals surface area contributed by atoms with Crippen LogP contribution < -0.4 is 16.6 Å². The second kappa shape index (κ2) is 9.16. The lowest BCUT2D eigenvalue weighted by atomic mass is 10.1. The monoisotopic (exact) mass is 468 g/mol. The number of pyridine rings is 1. The van der Waals surface area contributed by atoms with Crippen LogP contribution in [0.5, 0.6) is 0 Å². The van der Waals surface area contributed by atoms with E-state index in [0.29, 0.717) is 26.9 Å². The van der Waals surface area contributed by atoms with Crippen molar-refractivity contribution in [2.24, 2.45) is 10.7 Å². The third-order valence-corrected chi connectivity index (χ3v) is 5.86. The fraction of sp³-hybridized carbons (Fsp3) is 0.174. The van der Waals surface area contributed by atoms with Gasteiger partial charge in [-0.1, -0.05) is 41.4 Å². The van der Waals surface area contributed by atoms with E-state index in [9.17, 15) is 4.79 Å². The molecule has 4 rings (SSSR count). The Kier molecular flexibility index (Phi) is 6.32. The van der Waals surface area contributed by atoms with Crippen molar-refractivity contribution in [2.45, 2.75) is 25.9 Å². The van der Waals surface area contributed by atoms with E-state index >= 15 is 0 Å². The van der Waals surface area contributed by atoms with Crippen LogP contribution in [0.25, 0.3) is 16.5 Å². The summed E-state index contributed by atoms with van der Waals surface area (Å²) in [5.41, 5.74) is 7.45. The van der Waals surface area contributed by atoms with Crippen LogP contribution in [0.1, 0.15) is 37.3 Å². The molecule has 7 nitrogen and oxygen atoms in total. The fourth-order valence-corrected chi connectivity index (χ4v) is 4.32. The van der Waals surface area contributed by atoms with Gasteiger partial charge in [0.05, 0.1) is 34.5 Å². The SMILES string of the molecule is CC(N[C@@H](C)c1cc2cccc(Cl)c2c(=O)n1-c1cccc(Cl)c1)c1[nH]cnc1N=CN. The Balaban J connectivity index is 1.84. The summed E-state index contributed by atoms with van der Waals surface area (Å²) in [5, 5.41) is 5.70. The van der Waals surface area contributed by atoms with E-state index in [4.69, 9.17) is 28.9 Å². The molecular weight excluding hydrogens is 447 g/mol. The van der Waals surface area contributed by atoms with Gasteiger partial charge in [0.15, 0.2) is 5.82 Å².